The van der Waals surface area contributed by atoms with Gasteiger partial charge in [-0.2, -0.15) is 4.31 Å². The van der Waals surface area contributed by atoms with Crippen molar-refractivity contribution in [3.8, 4) is 0 Å². The van der Waals surface area contributed by atoms with Gasteiger partial charge >= 0.3 is 0 Å². The summed E-state index contributed by atoms with van der Waals surface area (Å²) in [6.07, 6.45) is 0. The number of nitrogens with one attached hydrogen (secondary N) is 1. The molecule has 1 unspecified atom stereocenters. The van der Waals surface area contributed by atoms with Crippen LogP contribution in [0.3, 0.4) is 0 Å². The van der Waals surface area contributed by atoms with E-state index in [0.29, 0.717) is 25.2 Å². The average molecular weight is 299 g/mol. The first kappa shape index (κ1) is 14.9. The SMILES string of the molecule is CC1CN(S(=O)(=O)Cc2ccc([N+](=O)[O-])cc2)CCN1. The van der Waals surface area contributed by atoms with Crippen LogP contribution in [0, 0.1) is 10.1 Å². The van der Waals surface area contributed by atoms with Crippen LogP contribution in [-0.4, -0.2) is 43.3 Å². The number of piperazine rings is 1. The molecule has 0 spiro atoms. The van der Waals surface area contributed by atoms with Crippen LogP contribution in [0.1, 0.15) is 12.5 Å². The molecule has 0 aromatic heterocycles. The van der Waals surface area contributed by atoms with Gasteiger partial charge in [-0.25, -0.2) is 8.42 Å². The summed E-state index contributed by atoms with van der Waals surface area (Å²) in [5, 5.41) is 13.7. The van der Waals surface area contributed by atoms with Gasteiger partial charge in [0, 0.05) is 37.8 Å². The first-order valence-electron chi connectivity index (χ1n) is 6.33. The predicted octanol–water partition coefficient (Wildman–Crippen LogP) is 0.718. The molecular weight excluding hydrogens is 282 g/mol. The van der Waals surface area contributed by atoms with Crippen LogP contribution in [-0.2, 0) is 15.8 Å². The van der Waals surface area contributed by atoms with Crippen LogP contribution in [0.25, 0.3) is 0 Å². The zero-order valence-electron chi connectivity index (χ0n) is 11.2. The Bertz CT molecular complexity index is 585. The van der Waals surface area contributed by atoms with Gasteiger partial charge in [-0.05, 0) is 12.5 Å². The van der Waals surface area contributed by atoms with Crippen LogP contribution in [0.2, 0.25) is 0 Å². The van der Waals surface area contributed by atoms with Crippen molar-refractivity contribution < 1.29 is 13.3 Å². The Hall–Kier alpha value is -1.51. The van der Waals surface area contributed by atoms with Crippen LogP contribution in [0.5, 0.6) is 0 Å². The molecule has 1 fully saturated rings. The van der Waals surface area contributed by atoms with E-state index in [1.165, 1.54) is 28.6 Å². The highest BCUT2D eigenvalue weighted by Crippen LogP contribution is 2.16. The van der Waals surface area contributed by atoms with Gasteiger partial charge in [0.1, 0.15) is 0 Å². The van der Waals surface area contributed by atoms with E-state index >= 15 is 0 Å². The fourth-order valence-electron chi connectivity index (χ4n) is 2.17. The molecule has 110 valence electrons. The summed E-state index contributed by atoms with van der Waals surface area (Å²) in [6.45, 7) is 3.49. The largest absolute Gasteiger partial charge is 0.312 e. The molecule has 7 nitrogen and oxygen atoms in total. The van der Waals surface area contributed by atoms with Crippen LogP contribution >= 0.6 is 0 Å². The van der Waals surface area contributed by atoms with Crippen molar-refractivity contribution in [2.24, 2.45) is 0 Å². The third-order valence-electron chi connectivity index (χ3n) is 3.22. The van der Waals surface area contributed by atoms with Gasteiger partial charge < -0.3 is 5.32 Å². The van der Waals surface area contributed by atoms with Crippen molar-refractivity contribution in [1.29, 1.82) is 0 Å². The molecule has 1 saturated heterocycles. The predicted molar refractivity (Wildman–Crippen MR) is 74.8 cm³/mol. The number of nitro benzene ring substituents is 1. The molecule has 0 saturated carbocycles. The summed E-state index contributed by atoms with van der Waals surface area (Å²) < 4.78 is 26.0. The van der Waals surface area contributed by atoms with Gasteiger partial charge in [-0.15, -0.1) is 0 Å². The molecule has 1 heterocycles. The number of benzene rings is 1. The minimum absolute atomic E-state index is 0.0399. The lowest BCUT2D eigenvalue weighted by Crippen LogP contribution is -2.51. The zero-order chi connectivity index (χ0) is 14.8. The molecule has 8 heteroatoms. The topological polar surface area (TPSA) is 92.5 Å². The van der Waals surface area contributed by atoms with Crippen molar-refractivity contribution in [3.05, 3.63) is 39.9 Å². The van der Waals surface area contributed by atoms with Crippen molar-refractivity contribution in [3.63, 3.8) is 0 Å². The molecule has 0 radical (unpaired) electrons. The van der Waals surface area contributed by atoms with Gasteiger partial charge in [-0.3, -0.25) is 10.1 Å². The summed E-state index contributed by atoms with van der Waals surface area (Å²) in [5.41, 5.74) is 0.517. The summed E-state index contributed by atoms with van der Waals surface area (Å²) in [4.78, 5) is 10.0. The minimum atomic E-state index is -3.38. The lowest BCUT2D eigenvalue weighted by atomic mass is 10.2. The number of hydrogen-bond acceptors (Lipinski definition) is 5. The smallest absolute Gasteiger partial charge is 0.269 e. The van der Waals surface area contributed by atoms with Crippen molar-refractivity contribution >= 4 is 15.7 Å². The van der Waals surface area contributed by atoms with E-state index in [1.54, 1.807) is 0 Å². The Labute approximate surface area is 117 Å². The normalized spacial score (nSPS) is 20.8. The van der Waals surface area contributed by atoms with Crippen LogP contribution < -0.4 is 5.32 Å². The molecule has 2 rings (SSSR count). The quantitative estimate of drug-likeness (QED) is 0.653. The first-order valence-corrected chi connectivity index (χ1v) is 7.94. The molecule has 0 bridgehead atoms. The van der Waals surface area contributed by atoms with Gasteiger partial charge in [0.25, 0.3) is 5.69 Å². The highest BCUT2D eigenvalue weighted by Gasteiger charge is 2.26. The second kappa shape index (κ2) is 5.86. The molecule has 1 aromatic carbocycles. The van der Waals surface area contributed by atoms with Gasteiger partial charge in [0.2, 0.25) is 10.0 Å². The first-order chi connectivity index (χ1) is 9.38. The third-order valence-corrected chi connectivity index (χ3v) is 5.04. The standard InChI is InChI=1S/C12H17N3O4S/c1-10-8-14(7-6-13-10)20(18,19)9-11-2-4-12(5-3-11)15(16)17/h2-5,10,13H,6-9H2,1H3. The Morgan fingerprint density at radius 2 is 2.05 bits per heavy atom. The maximum Gasteiger partial charge on any atom is 0.269 e. The molecule has 0 aliphatic carbocycles. The molecule has 1 aliphatic rings. The van der Waals surface area contributed by atoms with Gasteiger partial charge in [-0.1, -0.05) is 12.1 Å². The van der Waals surface area contributed by atoms with E-state index in [0.717, 1.165) is 0 Å². The number of sulfonamides is 1. The maximum atomic E-state index is 12.3. The summed E-state index contributed by atoms with van der Waals surface area (Å²) >= 11 is 0. The monoisotopic (exact) mass is 299 g/mol. The zero-order valence-corrected chi connectivity index (χ0v) is 12.0. The molecule has 20 heavy (non-hydrogen) atoms. The molecule has 1 aromatic rings. The third kappa shape index (κ3) is 3.53. The second-order valence-electron chi connectivity index (χ2n) is 4.89. The molecule has 1 aliphatic heterocycles. The van der Waals surface area contributed by atoms with Gasteiger partial charge in [0.05, 0.1) is 10.7 Å². The maximum absolute atomic E-state index is 12.3. The lowest BCUT2D eigenvalue weighted by molar-refractivity contribution is -0.384. The van der Waals surface area contributed by atoms with E-state index in [2.05, 4.69) is 5.32 Å². The highest BCUT2D eigenvalue weighted by atomic mass is 32.2. The Morgan fingerprint density at radius 3 is 2.60 bits per heavy atom. The van der Waals surface area contributed by atoms with E-state index in [1.807, 2.05) is 6.92 Å². The number of non-ortho nitro benzene ring substituents is 1. The second-order valence-corrected chi connectivity index (χ2v) is 6.86. The van der Waals surface area contributed by atoms with Gasteiger partial charge in [0.15, 0.2) is 0 Å². The number of nitro groups is 1. The lowest BCUT2D eigenvalue weighted by Gasteiger charge is -2.31. The van der Waals surface area contributed by atoms with Crippen LogP contribution in [0.4, 0.5) is 5.69 Å². The molecule has 0 amide bonds. The number of nitrogens with zero attached hydrogens (tertiary/aromatic N) is 2. The Kier molecular flexibility index (Phi) is 4.36. The highest BCUT2D eigenvalue weighted by molar-refractivity contribution is 7.88. The molecular formula is C12H17N3O4S. The van der Waals surface area contributed by atoms with E-state index < -0.39 is 14.9 Å². The van der Waals surface area contributed by atoms with Crippen LogP contribution in [0.15, 0.2) is 24.3 Å². The number of rotatable bonds is 4. The molecule has 1 atom stereocenters. The summed E-state index contributed by atoms with van der Waals surface area (Å²) in [7, 11) is -3.38. The van der Waals surface area contributed by atoms with E-state index in [-0.39, 0.29) is 17.5 Å². The summed E-state index contributed by atoms with van der Waals surface area (Å²) in [5.74, 6) is -0.127. The van der Waals surface area contributed by atoms with E-state index in [9.17, 15) is 18.5 Å². The van der Waals surface area contributed by atoms with Crippen molar-refractivity contribution in [2.45, 2.75) is 18.7 Å². The molecule has 1 N–H and O–H groups in total. The summed E-state index contributed by atoms with van der Waals surface area (Å²) in [6, 6.07) is 5.76. The fraction of sp³-hybridized carbons (Fsp3) is 0.500. The van der Waals surface area contributed by atoms with Crippen molar-refractivity contribution in [2.75, 3.05) is 19.6 Å². The Morgan fingerprint density at radius 1 is 1.40 bits per heavy atom. The number of hydrogen-bond donors (Lipinski definition) is 1. The minimum Gasteiger partial charge on any atom is -0.312 e. The average Bonchev–Trinajstić information content (AvgIpc) is 2.39. The Balaban J connectivity index is 2.09. The van der Waals surface area contributed by atoms with E-state index in [4.69, 9.17) is 0 Å². The fourth-order valence-corrected chi connectivity index (χ4v) is 3.78. The van der Waals surface area contributed by atoms with Crippen molar-refractivity contribution in [1.82, 2.24) is 9.62 Å².